The van der Waals surface area contributed by atoms with Gasteiger partial charge in [-0.25, -0.2) is 0 Å². The smallest absolute Gasteiger partial charge is 0.305 e. The summed E-state index contributed by atoms with van der Waals surface area (Å²) in [5, 5.41) is 3.78. The quantitative estimate of drug-likeness (QED) is 0.770. The van der Waals surface area contributed by atoms with Crippen molar-refractivity contribution in [3.05, 3.63) is 0 Å². The van der Waals surface area contributed by atoms with Gasteiger partial charge in [0, 0.05) is 31.6 Å². The lowest BCUT2D eigenvalue weighted by molar-refractivity contribution is -0.142. The first-order valence-corrected chi connectivity index (χ1v) is 7.18. The lowest BCUT2D eigenvalue weighted by Crippen LogP contribution is -2.50. The molecule has 1 saturated heterocycles. The Morgan fingerprint density at radius 1 is 1.28 bits per heavy atom. The zero-order valence-corrected chi connectivity index (χ0v) is 11.7. The van der Waals surface area contributed by atoms with Crippen LogP contribution in [-0.2, 0) is 9.53 Å². The second kappa shape index (κ2) is 6.53. The van der Waals surface area contributed by atoms with E-state index in [0.717, 1.165) is 19.5 Å². The van der Waals surface area contributed by atoms with Gasteiger partial charge in [-0.15, -0.1) is 0 Å². The third-order valence-electron chi connectivity index (χ3n) is 4.23. The highest BCUT2D eigenvalue weighted by Gasteiger charge is 2.29. The molecule has 18 heavy (non-hydrogen) atoms. The molecule has 1 aliphatic carbocycles. The number of methoxy groups -OCH3 is 1. The maximum atomic E-state index is 11.4. The number of carbonyl (C=O) groups is 1. The van der Waals surface area contributed by atoms with Gasteiger partial charge in [0.15, 0.2) is 0 Å². The average Bonchev–Trinajstić information content (AvgIpc) is 2.80. The van der Waals surface area contributed by atoms with Gasteiger partial charge in [0.05, 0.1) is 7.11 Å². The van der Waals surface area contributed by atoms with Crippen molar-refractivity contribution in [3.8, 4) is 0 Å². The van der Waals surface area contributed by atoms with Gasteiger partial charge in [-0.05, 0) is 32.2 Å². The van der Waals surface area contributed by atoms with Crippen LogP contribution in [0.15, 0.2) is 0 Å². The van der Waals surface area contributed by atoms with Crippen LogP contribution in [-0.4, -0.2) is 50.2 Å². The van der Waals surface area contributed by atoms with Crippen molar-refractivity contribution in [3.63, 3.8) is 0 Å². The molecule has 1 N–H and O–H groups in total. The number of likely N-dealkylation sites (N-methyl/N-ethyl adjacent to an activating group) is 1. The second-order valence-corrected chi connectivity index (χ2v) is 5.95. The number of carbonyl (C=O) groups excluding carboxylic acids is 1. The zero-order chi connectivity index (χ0) is 13.0. The predicted octanol–water partition coefficient (Wildman–Crippen LogP) is 1.40. The van der Waals surface area contributed by atoms with Crippen molar-refractivity contribution in [2.75, 3.05) is 27.2 Å². The molecular formula is C14H26N2O2. The molecule has 4 heteroatoms. The van der Waals surface area contributed by atoms with E-state index in [-0.39, 0.29) is 5.97 Å². The van der Waals surface area contributed by atoms with Gasteiger partial charge in [-0.2, -0.15) is 0 Å². The number of hydrogen-bond acceptors (Lipinski definition) is 4. The first-order chi connectivity index (χ1) is 8.67. The first-order valence-electron chi connectivity index (χ1n) is 7.18. The molecule has 0 aromatic carbocycles. The van der Waals surface area contributed by atoms with Gasteiger partial charge in [0.25, 0.3) is 0 Å². The van der Waals surface area contributed by atoms with Gasteiger partial charge in [-0.3, -0.25) is 4.79 Å². The highest BCUT2D eigenvalue weighted by Crippen LogP contribution is 2.23. The van der Waals surface area contributed by atoms with Gasteiger partial charge < -0.3 is 15.0 Å². The number of piperidine rings is 1. The van der Waals surface area contributed by atoms with E-state index in [1.54, 1.807) is 0 Å². The minimum Gasteiger partial charge on any atom is -0.469 e. The minimum atomic E-state index is -0.0742. The Bertz CT molecular complexity index is 277. The molecule has 0 radical (unpaired) electrons. The fourth-order valence-corrected chi connectivity index (χ4v) is 3.46. The monoisotopic (exact) mass is 254 g/mol. The van der Waals surface area contributed by atoms with E-state index in [2.05, 4.69) is 17.3 Å². The van der Waals surface area contributed by atoms with Crippen molar-refractivity contribution in [2.24, 2.45) is 5.92 Å². The summed E-state index contributed by atoms with van der Waals surface area (Å²) in [6.45, 7) is 2.12. The standard InChI is InChI=1S/C14H26N2O2/c1-16-9-11(8-14(17)18-2)7-13(10-16)15-12-5-3-4-6-12/h11-13,15H,3-10H2,1-2H3. The third kappa shape index (κ3) is 3.95. The van der Waals surface area contributed by atoms with Gasteiger partial charge in [-0.1, -0.05) is 12.8 Å². The SMILES string of the molecule is COC(=O)CC1CC(NC2CCCC2)CN(C)C1. The van der Waals surface area contributed by atoms with Crippen LogP contribution < -0.4 is 5.32 Å². The van der Waals surface area contributed by atoms with E-state index in [9.17, 15) is 4.79 Å². The molecule has 0 spiro atoms. The number of esters is 1. The molecule has 2 unspecified atom stereocenters. The van der Waals surface area contributed by atoms with Crippen LogP contribution >= 0.6 is 0 Å². The van der Waals surface area contributed by atoms with Crippen molar-refractivity contribution >= 4 is 5.97 Å². The summed E-state index contributed by atoms with van der Waals surface area (Å²) in [6, 6.07) is 1.25. The fourth-order valence-electron chi connectivity index (χ4n) is 3.46. The van der Waals surface area contributed by atoms with E-state index in [1.165, 1.54) is 32.8 Å². The van der Waals surface area contributed by atoms with Crippen LogP contribution in [0.1, 0.15) is 38.5 Å². The van der Waals surface area contributed by atoms with Gasteiger partial charge >= 0.3 is 5.97 Å². The Kier molecular flexibility index (Phi) is 5.01. The summed E-state index contributed by atoms with van der Waals surface area (Å²) in [5.41, 5.74) is 0. The Hall–Kier alpha value is -0.610. The van der Waals surface area contributed by atoms with Gasteiger partial charge in [0.1, 0.15) is 0 Å². The fraction of sp³-hybridized carbons (Fsp3) is 0.929. The molecule has 1 aliphatic heterocycles. The molecule has 1 heterocycles. The van der Waals surface area contributed by atoms with Crippen LogP contribution in [0.3, 0.4) is 0 Å². The van der Waals surface area contributed by atoms with Crippen LogP contribution in [0.4, 0.5) is 0 Å². The van der Waals surface area contributed by atoms with Crippen molar-refractivity contribution in [1.82, 2.24) is 10.2 Å². The number of hydrogen-bond donors (Lipinski definition) is 1. The third-order valence-corrected chi connectivity index (χ3v) is 4.23. The lowest BCUT2D eigenvalue weighted by Gasteiger charge is -2.37. The maximum Gasteiger partial charge on any atom is 0.305 e. The molecule has 2 aliphatic rings. The molecular weight excluding hydrogens is 228 g/mol. The number of ether oxygens (including phenoxy) is 1. The summed E-state index contributed by atoms with van der Waals surface area (Å²) in [6.07, 6.45) is 7.04. The van der Waals surface area contributed by atoms with E-state index < -0.39 is 0 Å². The van der Waals surface area contributed by atoms with Crippen LogP contribution in [0.2, 0.25) is 0 Å². The van der Waals surface area contributed by atoms with Crippen molar-refractivity contribution in [2.45, 2.75) is 50.6 Å². The summed E-state index contributed by atoms with van der Waals surface area (Å²) >= 11 is 0. The summed E-state index contributed by atoms with van der Waals surface area (Å²) in [5.74, 6) is 0.366. The van der Waals surface area contributed by atoms with Gasteiger partial charge in [0.2, 0.25) is 0 Å². The van der Waals surface area contributed by atoms with E-state index in [4.69, 9.17) is 4.74 Å². The largest absolute Gasteiger partial charge is 0.469 e. The maximum absolute atomic E-state index is 11.4. The van der Waals surface area contributed by atoms with E-state index in [0.29, 0.717) is 24.4 Å². The summed E-state index contributed by atoms with van der Waals surface area (Å²) in [7, 11) is 3.62. The summed E-state index contributed by atoms with van der Waals surface area (Å²) in [4.78, 5) is 13.7. The Balaban J connectivity index is 1.81. The molecule has 2 rings (SSSR count). The predicted molar refractivity (Wildman–Crippen MR) is 71.4 cm³/mol. The number of rotatable bonds is 4. The molecule has 0 amide bonds. The van der Waals surface area contributed by atoms with Crippen molar-refractivity contribution < 1.29 is 9.53 Å². The number of nitrogens with one attached hydrogen (secondary N) is 1. The molecule has 104 valence electrons. The van der Waals surface area contributed by atoms with Crippen LogP contribution in [0, 0.1) is 5.92 Å². The molecule has 4 nitrogen and oxygen atoms in total. The lowest BCUT2D eigenvalue weighted by atomic mass is 9.91. The van der Waals surface area contributed by atoms with Crippen LogP contribution in [0.5, 0.6) is 0 Å². The minimum absolute atomic E-state index is 0.0742. The molecule has 0 aromatic heterocycles. The molecule has 1 saturated carbocycles. The highest BCUT2D eigenvalue weighted by molar-refractivity contribution is 5.69. The average molecular weight is 254 g/mol. The van der Waals surface area contributed by atoms with Crippen LogP contribution in [0.25, 0.3) is 0 Å². The Morgan fingerprint density at radius 2 is 2.00 bits per heavy atom. The molecule has 0 bridgehead atoms. The molecule has 2 fully saturated rings. The molecule has 2 atom stereocenters. The van der Waals surface area contributed by atoms with Crippen molar-refractivity contribution in [1.29, 1.82) is 0 Å². The topological polar surface area (TPSA) is 41.6 Å². The van der Waals surface area contributed by atoms with E-state index in [1.807, 2.05) is 0 Å². The second-order valence-electron chi connectivity index (χ2n) is 5.95. The Labute approximate surface area is 110 Å². The molecule has 0 aromatic rings. The normalized spacial score (nSPS) is 30.6. The first kappa shape index (κ1) is 13.8. The zero-order valence-electron chi connectivity index (χ0n) is 11.7. The number of nitrogens with zero attached hydrogens (tertiary/aromatic N) is 1. The number of likely N-dealkylation sites (tertiary alicyclic amines) is 1. The Morgan fingerprint density at radius 3 is 2.67 bits per heavy atom. The summed E-state index contributed by atoms with van der Waals surface area (Å²) < 4.78 is 4.78. The highest BCUT2D eigenvalue weighted by atomic mass is 16.5. The van der Waals surface area contributed by atoms with E-state index >= 15 is 0 Å².